The van der Waals surface area contributed by atoms with E-state index in [1.54, 1.807) is 26.2 Å². The molecule has 0 spiro atoms. The highest BCUT2D eigenvalue weighted by atomic mass is 16.6. The third-order valence-electron chi connectivity index (χ3n) is 3.13. The number of aryl methyl sites for hydroxylation is 1. The predicted molar refractivity (Wildman–Crippen MR) is 85.9 cm³/mol. The molecule has 0 saturated carbocycles. The SMILES string of the molecule is COc1cccc(C=NNC(=O)c2ccc([N+](=O)[O-])c(C)c2)c1. The highest BCUT2D eigenvalue weighted by Gasteiger charge is 2.13. The van der Waals surface area contributed by atoms with E-state index in [1.807, 2.05) is 12.1 Å². The second-order valence-electron chi connectivity index (χ2n) is 4.73. The molecule has 0 saturated heterocycles. The molecule has 0 unspecified atom stereocenters. The smallest absolute Gasteiger partial charge is 0.272 e. The van der Waals surface area contributed by atoms with Crippen LogP contribution in [0.3, 0.4) is 0 Å². The second kappa shape index (κ2) is 7.17. The van der Waals surface area contributed by atoms with E-state index in [1.165, 1.54) is 24.4 Å². The third-order valence-corrected chi connectivity index (χ3v) is 3.13. The first-order chi connectivity index (χ1) is 11.0. The molecule has 2 aromatic rings. The predicted octanol–water partition coefficient (Wildman–Crippen LogP) is 2.68. The normalized spacial score (nSPS) is 10.5. The zero-order valence-electron chi connectivity index (χ0n) is 12.6. The molecule has 0 aromatic heterocycles. The van der Waals surface area contributed by atoms with Crippen LogP contribution < -0.4 is 10.2 Å². The number of methoxy groups -OCH3 is 1. The monoisotopic (exact) mass is 313 g/mol. The van der Waals surface area contributed by atoms with Crippen molar-refractivity contribution in [3.05, 3.63) is 69.3 Å². The molecular weight excluding hydrogens is 298 g/mol. The lowest BCUT2D eigenvalue weighted by Gasteiger charge is -2.02. The van der Waals surface area contributed by atoms with Crippen LogP contribution in [0.15, 0.2) is 47.6 Å². The Labute approximate surface area is 132 Å². The van der Waals surface area contributed by atoms with Gasteiger partial charge in [-0.05, 0) is 36.8 Å². The lowest BCUT2D eigenvalue weighted by Crippen LogP contribution is -2.17. The van der Waals surface area contributed by atoms with Gasteiger partial charge in [-0.3, -0.25) is 14.9 Å². The quantitative estimate of drug-likeness (QED) is 0.521. The molecule has 7 nitrogen and oxygen atoms in total. The first kappa shape index (κ1) is 16.2. The maximum absolute atomic E-state index is 12.0. The fraction of sp³-hybridized carbons (Fsp3) is 0.125. The molecule has 1 amide bonds. The van der Waals surface area contributed by atoms with Gasteiger partial charge in [0.25, 0.3) is 11.6 Å². The molecule has 0 aliphatic rings. The summed E-state index contributed by atoms with van der Waals surface area (Å²) in [6.45, 7) is 1.58. The summed E-state index contributed by atoms with van der Waals surface area (Å²) in [4.78, 5) is 22.2. The van der Waals surface area contributed by atoms with Gasteiger partial charge in [0.2, 0.25) is 0 Å². The summed E-state index contributed by atoms with van der Waals surface area (Å²) in [7, 11) is 1.56. The summed E-state index contributed by atoms with van der Waals surface area (Å²) in [5.74, 6) is 0.244. The Bertz CT molecular complexity index is 772. The average Bonchev–Trinajstić information content (AvgIpc) is 2.54. The summed E-state index contributed by atoms with van der Waals surface area (Å²) in [5.41, 5.74) is 3.84. The maximum atomic E-state index is 12.0. The Morgan fingerprint density at radius 2 is 2.09 bits per heavy atom. The zero-order chi connectivity index (χ0) is 16.8. The minimum absolute atomic E-state index is 0.0265. The van der Waals surface area contributed by atoms with E-state index in [2.05, 4.69) is 10.5 Å². The van der Waals surface area contributed by atoms with Gasteiger partial charge in [0, 0.05) is 17.2 Å². The number of nitrogens with zero attached hydrogens (tertiary/aromatic N) is 2. The number of rotatable bonds is 5. The average molecular weight is 313 g/mol. The van der Waals surface area contributed by atoms with Crippen molar-refractivity contribution in [1.82, 2.24) is 5.43 Å². The van der Waals surface area contributed by atoms with Crippen molar-refractivity contribution in [2.24, 2.45) is 5.10 Å². The first-order valence-electron chi connectivity index (χ1n) is 6.74. The fourth-order valence-corrected chi connectivity index (χ4v) is 1.95. The molecule has 0 aliphatic heterocycles. The number of nitro benzene ring substituents is 1. The zero-order valence-corrected chi connectivity index (χ0v) is 12.6. The number of ether oxygens (including phenoxy) is 1. The van der Waals surface area contributed by atoms with Gasteiger partial charge in [-0.15, -0.1) is 0 Å². The highest BCUT2D eigenvalue weighted by molar-refractivity contribution is 5.95. The Morgan fingerprint density at radius 3 is 2.74 bits per heavy atom. The summed E-state index contributed by atoms with van der Waals surface area (Å²) < 4.78 is 5.09. The third kappa shape index (κ3) is 4.13. The van der Waals surface area contributed by atoms with Crippen LogP contribution in [-0.4, -0.2) is 24.2 Å². The molecule has 23 heavy (non-hydrogen) atoms. The topological polar surface area (TPSA) is 93.8 Å². The van der Waals surface area contributed by atoms with Crippen molar-refractivity contribution in [2.75, 3.05) is 7.11 Å². The molecule has 0 heterocycles. The molecule has 118 valence electrons. The summed E-state index contributed by atoms with van der Waals surface area (Å²) in [5, 5.41) is 14.6. The Morgan fingerprint density at radius 1 is 1.30 bits per heavy atom. The number of amides is 1. The van der Waals surface area contributed by atoms with E-state index < -0.39 is 10.8 Å². The molecule has 0 bridgehead atoms. The van der Waals surface area contributed by atoms with Crippen LogP contribution >= 0.6 is 0 Å². The van der Waals surface area contributed by atoms with E-state index in [0.29, 0.717) is 16.9 Å². The van der Waals surface area contributed by atoms with Crippen molar-refractivity contribution >= 4 is 17.8 Å². The lowest BCUT2D eigenvalue weighted by molar-refractivity contribution is -0.385. The van der Waals surface area contributed by atoms with Crippen LogP contribution in [0.2, 0.25) is 0 Å². The Balaban J connectivity index is 2.05. The molecule has 1 N–H and O–H groups in total. The van der Waals surface area contributed by atoms with Crippen molar-refractivity contribution in [2.45, 2.75) is 6.92 Å². The minimum atomic E-state index is -0.488. The van der Waals surface area contributed by atoms with Gasteiger partial charge in [-0.1, -0.05) is 12.1 Å². The number of carbonyl (C=O) groups is 1. The van der Waals surface area contributed by atoms with Gasteiger partial charge in [-0.25, -0.2) is 5.43 Å². The maximum Gasteiger partial charge on any atom is 0.272 e. The number of carbonyl (C=O) groups excluding carboxylic acids is 1. The standard InChI is InChI=1S/C16H15N3O4/c1-11-8-13(6-7-15(11)19(21)22)16(20)18-17-10-12-4-3-5-14(9-12)23-2/h3-10H,1-2H3,(H,18,20). The van der Waals surface area contributed by atoms with Crippen LogP contribution in [0.5, 0.6) is 5.75 Å². The minimum Gasteiger partial charge on any atom is -0.497 e. The molecule has 0 aliphatic carbocycles. The van der Waals surface area contributed by atoms with E-state index >= 15 is 0 Å². The van der Waals surface area contributed by atoms with Crippen molar-refractivity contribution in [3.63, 3.8) is 0 Å². The van der Waals surface area contributed by atoms with Gasteiger partial charge in [0.1, 0.15) is 5.75 Å². The van der Waals surface area contributed by atoms with Crippen LogP contribution in [0, 0.1) is 17.0 Å². The largest absolute Gasteiger partial charge is 0.497 e. The molecule has 0 atom stereocenters. The molecular formula is C16H15N3O4. The van der Waals surface area contributed by atoms with Gasteiger partial charge in [0.15, 0.2) is 0 Å². The van der Waals surface area contributed by atoms with E-state index in [4.69, 9.17) is 4.74 Å². The molecule has 2 rings (SSSR count). The van der Waals surface area contributed by atoms with Crippen LogP contribution in [0.25, 0.3) is 0 Å². The van der Waals surface area contributed by atoms with Crippen LogP contribution in [-0.2, 0) is 0 Å². The Kier molecular flexibility index (Phi) is 5.03. The van der Waals surface area contributed by atoms with Gasteiger partial charge in [0.05, 0.1) is 18.2 Å². The highest BCUT2D eigenvalue weighted by Crippen LogP contribution is 2.18. The summed E-state index contributed by atoms with van der Waals surface area (Å²) >= 11 is 0. The summed E-state index contributed by atoms with van der Waals surface area (Å²) in [6.07, 6.45) is 1.48. The van der Waals surface area contributed by atoms with Gasteiger partial charge >= 0.3 is 0 Å². The number of benzene rings is 2. The number of hydrogen-bond donors (Lipinski definition) is 1. The Hall–Kier alpha value is -3.22. The lowest BCUT2D eigenvalue weighted by atomic mass is 10.1. The van der Waals surface area contributed by atoms with Gasteiger partial charge in [-0.2, -0.15) is 5.10 Å². The van der Waals surface area contributed by atoms with E-state index in [-0.39, 0.29) is 5.69 Å². The van der Waals surface area contributed by atoms with E-state index in [0.717, 1.165) is 5.56 Å². The second-order valence-corrected chi connectivity index (χ2v) is 4.73. The number of hydrogen-bond acceptors (Lipinski definition) is 5. The van der Waals surface area contributed by atoms with Crippen LogP contribution in [0.1, 0.15) is 21.5 Å². The molecule has 0 fully saturated rings. The van der Waals surface area contributed by atoms with E-state index in [9.17, 15) is 14.9 Å². The number of nitrogens with one attached hydrogen (secondary N) is 1. The van der Waals surface area contributed by atoms with Crippen molar-refractivity contribution in [3.8, 4) is 5.75 Å². The first-order valence-corrected chi connectivity index (χ1v) is 6.74. The molecule has 7 heteroatoms. The number of nitro groups is 1. The van der Waals surface area contributed by atoms with Crippen LogP contribution in [0.4, 0.5) is 5.69 Å². The molecule has 2 aromatic carbocycles. The van der Waals surface area contributed by atoms with Crippen molar-refractivity contribution < 1.29 is 14.5 Å². The number of hydrazone groups is 1. The fourth-order valence-electron chi connectivity index (χ4n) is 1.95. The van der Waals surface area contributed by atoms with Crippen molar-refractivity contribution in [1.29, 1.82) is 0 Å². The van der Waals surface area contributed by atoms with Gasteiger partial charge < -0.3 is 4.74 Å². The molecule has 0 radical (unpaired) electrons. The summed E-state index contributed by atoms with van der Waals surface area (Å²) in [6, 6.07) is 11.3.